The summed E-state index contributed by atoms with van der Waals surface area (Å²) in [4.78, 5) is 13.0. The predicted octanol–water partition coefficient (Wildman–Crippen LogP) is 5.64. The zero-order chi connectivity index (χ0) is 22.3. The molecule has 1 fully saturated rings. The standard InChI is InChI=1S/C24H31ClN2O3S/c1-2-3-7-19-10-14-21(15-11-19)26-24(28)18-27(22-8-5-4-6-9-22)31(29,30)23-16-12-20(25)13-17-23/h10-17,22H,2-9,18H2,1H3,(H,26,28). The molecule has 1 N–H and O–H groups in total. The van der Waals surface area contributed by atoms with Crippen LogP contribution in [0.25, 0.3) is 0 Å². The monoisotopic (exact) mass is 462 g/mol. The molecular weight excluding hydrogens is 432 g/mol. The van der Waals surface area contributed by atoms with E-state index in [-0.39, 0.29) is 23.4 Å². The van der Waals surface area contributed by atoms with E-state index in [4.69, 9.17) is 11.6 Å². The first kappa shape index (κ1) is 23.8. The molecule has 3 rings (SSSR count). The number of aryl methyl sites for hydroxylation is 1. The van der Waals surface area contributed by atoms with Gasteiger partial charge in [-0.3, -0.25) is 4.79 Å². The Hall–Kier alpha value is -1.89. The molecule has 0 atom stereocenters. The molecule has 5 nitrogen and oxygen atoms in total. The van der Waals surface area contributed by atoms with Crippen LogP contribution in [0.3, 0.4) is 0 Å². The Morgan fingerprint density at radius 1 is 1.03 bits per heavy atom. The number of nitrogens with zero attached hydrogens (tertiary/aromatic N) is 1. The number of amides is 1. The highest BCUT2D eigenvalue weighted by molar-refractivity contribution is 7.89. The molecule has 0 unspecified atom stereocenters. The van der Waals surface area contributed by atoms with E-state index < -0.39 is 10.0 Å². The first-order valence-corrected chi connectivity index (χ1v) is 12.9. The summed E-state index contributed by atoms with van der Waals surface area (Å²) in [5.41, 5.74) is 1.91. The normalized spacial score (nSPS) is 15.2. The maximum absolute atomic E-state index is 13.4. The predicted molar refractivity (Wildman–Crippen MR) is 126 cm³/mol. The minimum Gasteiger partial charge on any atom is -0.325 e. The molecule has 1 aliphatic carbocycles. The molecule has 2 aromatic rings. The van der Waals surface area contributed by atoms with E-state index in [1.807, 2.05) is 24.3 Å². The number of halogens is 1. The zero-order valence-electron chi connectivity index (χ0n) is 18.0. The van der Waals surface area contributed by atoms with Crippen molar-refractivity contribution < 1.29 is 13.2 Å². The third-order valence-electron chi connectivity index (χ3n) is 5.76. The number of hydrogen-bond acceptors (Lipinski definition) is 3. The van der Waals surface area contributed by atoms with Crippen molar-refractivity contribution in [2.45, 2.75) is 69.2 Å². The van der Waals surface area contributed by atoms with Gasteiger partial charge in [0.1, 0.15) is 0 Å². The van der Waals surface area contributed by atoms with E-state index in [0.29, 0.717) is 10.7 Å². The molecule has 1 amide bonds. The van der Waals surface area contributed by atoms with Gasteiger partial charge in [0.15, 0.2) is 0 Å². The number of anilines is 1. The van der Waals surface area contributed by atoms with Gasteiger partial charge in [0.2, 0.25) is 15.9 Å². The number of benzene rings is 2. The lowest BCUT2D eigenvalue weighted by atomic mass is 9.95. The average molecular weight is 463 g/mol. The van der Waals surface area contributed by atoms with Crippen LogP contribution < -0.4 is 5.32 Å². The maximum atomic E-state index is 13.4. The van der Waals surface area contributed by atoms with Crippen LogP contribution in [-0.2, 0) is 21.2 Å². The largest absolute Gasteiger partial charge is 0.325 e. The fraction of sp³-hybridized carbons (Fsp3) is 0.458. The third kappa shape index (κ3) is 6.55. The van der Waals surface area contributed by atoms with Crippen LogP contribution in [-0.4, -0.2) is 31.2 Å². The van der Waals surface area contributed by atoms with Crippen LogP contribution in [0.15, 0.2) is 53.4 Å². The minimum absolute atomic E-state index is 0.163. The van der Waals surface area contributed by atoms with Gasteiger partial charge in [-0.2, -0.15) is 4.31 Å². The Morgan fingerprint density at radius 2 is 1.68 bits per heavy atom. The van der Waals surface area contributed by atoms with E-state index in [1.54, 1.807) is 12.1 Å². The molecule has 0 radical (unpaired) electrons. The number of carbonyl (C=O) groups is 1. The fourth-order valence-corrected chi connectivity index (χ4v) is 5.77. The Labute approximate surface area is 190 Å². The summed E-state index contributed by atoms with van der Waals surface area (Å²) in [5.74, 6) is -0.329. The molecule has 0 aromatic heterocycles. The van der Waals surface area contributed by atoms with Crippen LogP contribution in [0.4, 0.5) is 5.69 Å². The molecule has 31 heavy (non-hydrogen) atoms. The SMILES string of the molecule is CCCCc1ccc(NC(=O)CN(C2CCCCC2)S(=O)(=O)c2ccc(Cl)cc2)cc1. The lowest BCUT2D eigenvalue weighted by Crippen LogP contribution is -2.45. The molecule has 2 aromatic carbocycles. The number of sulfonamides is 1. The second-order valence-electron chi connectivity index (χ2n) is 8.14. The molecule has 0 saturated heterocycles. The molecule has 7 heteroatoms. The van der Waals surface area contributed by atoms with E-state index in [0.717, 1.165) is 51.4 Å². The maximum Gasteiger partial charge on any atom is 0.243 e. The Kier molecular flexibility index (Phi) is 8.52. The first-order chi connectivity index (χ1) is 14.9. The smallest absolute Gasteiger partial charge is 0.243 e. The summed E-state index contributed by atoms with van der Waals surface area (Å²) in [6, 6.07) is 13.7. The molecule has 0 bridgehead atoms. The summed E-state index contributed by atoms with van der Waals surface area (Å²) < 4.78 is 28.1. The van der Waals surface area contributed by atoms with Crippen molar-refractivity contribution in [3.63, 3.8) is 0 Å². The van der Waals surface area contributed by atoms with Crippen molar-refractivity contribution in [2.75, 3.05) is 11.9 Å². The first-order valence-electron chi connectivity index (χ1n) is 11.1. The number of carbonyl (C=O) groups excluding carboxylic acids is 1. The molecule has 1 aliphatic rings. The van der Waals surface area contributed by atoms with Gasteiger partial charge in [0.05, 0.1) is 11.4 Å². The number of nitrogens with one attached hydrogen (secondary N) is 1. The highest BCUT2D eigenvalue weighted by Crippen LogP contribution is 2.28. The Bertz CT molecular complexity index is 953. The van der Waals surface area contributed by atoms with E-state index in [2.05, 4.69) is 12.2 Å². The molecule has 0 aliphatic heterocycles. The molecule has 0 spiro atoms. The summed E-state index contributed by atoms with van der Waals surface area (Å²) in [6.45, 7) is 1.96. The van der Waals surface area contributed by atoms with Gasteiger partial charge in [0.25, 0.3) is 0 Å². The van der Waals surface area contributed by atoms with Gasteiger partial charge >= 0.3 is 0 Å². The van der Waals surface area contributed by atoms with Crippen LogP contribution in [0.2, 0.25) is 5.02 Å². The van der Waals surface area contributed by atoms with Crippen LogP contribution in [0.1, 0.15) is 57.4 Å². The van der Waals surface area contributed by atoms with Crippen LogP contribution >= 0.6 is 11.6 Å². The summed E-state index contributed by atoms with van der Waals surface area (Å²) in [5, 5.41) is 3.34. The summed E-state index contributed by atoms with van der Waals surface area (Å²) in [6.07, 6.45) is 7.86. The van der Waals surface area contributed by atoms with E-state index >= 15 is 0 Å². The van der Waals surface area contributed by atoms with Gasteiger partial charge in [-0.25, -0.2) is 8.42 Å². The van der Waals surface area contributed by atoms with Gasteiger partial charge in [0, 0.05) is 16.8 Å². The Balaban J connectivity index is 1.75. The lowest BCUT2D eigenvalue weighted by molar-refractivity contribution is -0.116. The summed E-state index contributed by atoms with van der Waals surface area (Å²) >= 11 is 5.93. The van der Waals surface area contributed by atoms with Gasteiger partial charge in [-0.1, -0.05) is 56.3 Å². The zero-order valence-corrected chi connectivity index (χ0v) is 19.6. The van der Waals surface area contributed by atoms with Crippen molar-refractivity contribution in [2.24, 2.45) is 0 Å². The second-order valence-corrected chi connectivity index (χ2v) is 10.5. The molecule has 168 valence electrons. The van der Waals surface area contributed by atoms with Crippen molar-refractivity contribution in [1.29, 1.82) is 0 Å². The average Bonchev–Trinajstić information content (AvgIpc) is 2.78. The highest BCUT2D eigenvalue weighted by atomic mass is 35.5. The summed E-state index contributed by atoms with van der Waals surface area (Å²) in [7, 11) is -3.81. The quantitative estimate of drug-likeness (QED) is 0.524. The van der Waals surface area contributed by atoms with E-state index in [1.165, 1.54) is 22.0 Å². The molecule has 0 heterocycles. The van der Waals surface area contributed by atoms with Crippen molar-refractivity contribution in [1.82, 2.24) is 4.31 Å². The topological polar surface area (TPSA) is 66.5 Å². The number of hydrogen-bond donors (Lipinski definition) is 1. The highest BCUT2D eigenvalue weighted by Gasteiger charge is 2.34. The Morgan fingerprint density at radius 3 is 2.29 bits per heavy atom. The third-order valence-corrected chi connectivity index (χ3v) is 7.92. The number of unbranched alkanes of at least 4 members (excludes halogenated alkanes) is 1. The minimum atomic E-state index is -3.81. The fourth-order valence-electron chi connectivity index (χ4n) is 4.00. The number of rotatable bonds is 9. The lowest BCUT2D eigenvalue weighted by Gasteiger charge is -2.33. The van der Waals surface area contributed by atoms with Gasteiger partial charge in [-0.15, -0.1) is 0 Å². The van der Waals surface area contributed by atoms with Crippen LogP contribution in [0.5, 0.6) is 0 Å². The van der Waals surface area contributed by atoms with Crippen molar-refractivity contribution in [3.8, 4) is 0 Å². The molecular formula is C24H31ClN2O3S. The second kappa shape index (κ2) is 11.1. The van der Waals surface area contributed by atoms with Crippen molar-refractivity contribution >= 4 is 33.2 Å². The molecule has 1 saturated carbocycles. The van der Waals surface area contributed by atoms with Crippen LogP contribution in [0, 0.1) is 0 Å². The van der Waals surface area contributed by atoms with Gasteiger partial charge in [-0.05, 0) is 67.6 Å². The van der Waals surface area contributed by atoms with E-state index in [9.17, 15) is 13.2 Å². The van der Waals surface area contributed by atoms with Crippen molar-refractivity contribution in [3.05, 3.63) is 59.1 Å². The van der Waals surface area contributed by atoms with Gasteiger partial charge < -0.3 is 5.32 Å².